The summed E-state index contributed by atoms with van der Waals surface area (Å²) >= 11 is 0. The largest absolute Gasteiger partial charge is 0.471 e. The summed E-state index contributed by atoms with van der Waals surface area (Å²) in [7, 11) is 3.75. The lowest BCUT2D eigenvalue weighted by Crippen LogP contribution is -2.29. The normalized spacial score (nSPS) is 16.4. The lowest BCUT2D eigenvalue weighted by molar-refractivity contribution is -0.384. The summed E-state index contributed by atoms with van der Waals surface area (Å²) < 4.78 is 5.86. The molecule has 1 saturated heterocycles. The molecule has 0 bridgehead atoms. The van der Waals surface area contributed by atoms with Crippen LogP contribution in [0.25, 0.3) is 6.08 Å². The molecule has 1 aromatic heterocycles. The lowest BCUT2D eigenvalue weighted by atomic mass is 10.2. The van der Waals surface area contributed by atoms with Gasteiger partial charge in [0.2, 0.25) is 11.8 Å². The number of aromatic nitrogens is 2. The van der Waals surface area contributed by atoms with Crippen LogP contribution in [-0.4, -0.2) is 59.0 Å². The van der Waals surface area contributed by atoms with E-state index in [0.29, 0.717) is 31.2 Å². The number of ether oxygens (including phenoxy) is 1. The predicted octanol–water partition coefficient (Wildman–Crippen LogP) is 2.14. The van der Waals surface area contributed by atoms with Gasteiger partial charge >= 0.3 is 0 Å². The van der Waals surface area contributed by atoms with Crippen LogP contribution in [0.15, 0.2) is 42.7 Å². The van der Waals surface area contributed by atoms with Gasteiger partial charge in [-0.25, -0.2) is 0 Å². The van der Waals surface area contributed by atoms with Crippen molar-refractivity contribution in [3.8, 4) is 5.88 Å². The van der Waals surface area contributed by atoms with Crippen molar-refractivity contribution in [3.63, 3.8) is 0 Å². The summed E-state index contributed by atoms with van der Waals surface area (Å²) in [5.41, 5.74) is 0.742. The number of hydrogen-bond acceptors (Lipinski definition) is 7. The number of carbonyl (C=O) groups excluding carboxylic acids is 1. The number of nitro benzene ring substituents is 1. The van der Waals surface area contributed by atoms with Crippen LogP contribution in [0.2, 0.25) is 0 Å². The zero-order valence-electron chi connectivity index (χ0n) is 15.7. The van der Waals surface area contributed by atoms with Crippen LogP contribution >= 0.6 is 0 Å². The highest BCUT2D eigenvalue weighted by Gasteiger charge is 2.27. The van der Waals surface area contributed by atoms with Crippen molar-refractivity contribution in [1.82, 2.24) is 14.9 Å². The van der Waals surface area contributed by atoms with Crippen molar-refractivity contribution >= 4 is 23.5 Å². The number of benzene rings is 1. The number of hydrogen-bond donors (Lipinski definition) is 0. The second-order valence-corrected chi connectivity index (χ2v) is 6.60. The highest BCUT2D eigenvalue weighted by molar-refractivity contribution is 5.92. The Bertz CT molecular complexity index is 882. The highest BCUT2D eigenvalue weighted by Crippen LogP contribution is 2.19. The quantitative estimate of drug-likeness (QED) is 0.428. The maximum Gasteiger partial charge on any atom is 0.269 e. The van der Waals surface area contributed by atoms with Crippen molar-refractivity contribution in [2.45, 2.75) is 12.5 Å². The predicted molar refractivity (Wildman–Crippen MR) is 104 cm³/mol. The van der Waals surface area contributed by atoms with Crippen molar-refractivity contribution in [2.24, 2.45) is 0 Å². The summed E-state index contributed by atoms with van der Waals surface area (Å²) in [5, 5.41) is 10.7. The van der Waals surface area contributed by atoms with E-state index in [1.807, 2.05) is 19.0 Å². The van der Waals surface area contributed by atoms with Gasteiger partial charge in [0.1, 0.15) is 6.10 Å². The topological polar surface area (TPSA) is 102 Å². The molecule has 1 atom stereocenters. The molecule has 0 aliphatic carbocycles. The molecule has 0 radical (unpaired) electrons. The lowest BCUT2D eigenvalue weighted by Gasteiger charge is -2.16. The molecule has 1 unspecified atom stereocenters. The number of likely N-dealkylation sites (tertiary alicyclic amines) is 1. The Morgan fingerprint density at radius 2 is 2.07 bits per heavy atom. The third kappa shape index (κ3) is 4.81. The second kappa shape index (κ2) is 8.47. The molecule has 1 aliphatic rings. The molecule has 3 rings (SSSR count). The fraction of sp³-hybridized carbons (Fsp3) is 0.316. The Kier molecular flexibility index (Phi) is 5.83. The first-order valence-electron chi connectivity index (χ1n) is 8.80. The maximum absolute atomic E-state index is 12.4. The van der Waals surface area contributed by atoms with Gasteiger partial charge in [-0.15, -0.1) is 0 Å². The van der Waals surface area contributed by atoms with Crippen LogP contribution in [0.5, 0.6) is 5.88 Å². The molecule has 0 spiro atoms. The van der Waals surface area contributed by atoms with Gasteiger partial charge in [-0.2, -0.15) is 4.98 Å². The molecule has 9 nitrogen and oxygen atoms in total. The number of amides is 1. The van der Waals surface area contributed by atoms with E-state index in [4.69, 9.17) is 4.74 Å². The van der Waals surface area contributed by atoms with E-state index in [1.165, 1.54) is 18.2 Å². The maximum atomic E-state index is 12.4. The van der Waals surface area contributed by atoms with Gasteiger partial charge in [0.05, 0.1) is 23.9 Å². The number of carbonyl (C=O) groups is 1. The minimum absolute atomic E-state index is 0.0180. The summed E-state index contributed by atoms with van der Waals surface area (Å²) in [5.74, 6) is 1.01. The molecule has 1 amide bonds. The fourth-order valence-corrected chi connectivity index (χ4v) is 2.79. The molecule has 1 fully saturated rings. The third-order valence-electron chi connectivity index (χ3n) is 4.32. The van der Waals surface area contributed by atoms with Crippen LogP contribution in [0, 0.1) is 10.1 Å². The minimum Gasteiger partial charge on any atom is -0.471 e. The second-order valence-electron chi connectivity index (χ2n) is 6.60. The van der Waals surface area contributed by atoms with Crippen molar-refractivity contribution in [2.75, 3.05) is 32.1 Å². The molecule has 146 valence electrons. The summed E-state index contributed by atoms with van der Waals surface area (Å²) in [6.45, 7) is 1.06. The first kappa shape index (κ1) is 19.3. The highest BCUT2D eigenvalue weighted by atomic mass is 16.6. The summed E-state index contributed by atoms with van der Waals surface area (Å²) in [6.07, 6.45) is 6.91. The van der Waals surface area contributed by atoms with Crippen LogP contribution in [0.4, 0.5) is 11.5 Å². The summed E-state index contributed by atoms with van der Waals surface area (Å²) in [4.78, 5) is 34.6. The number of rotatable bonds is 6. The molecule has 2 aromatic rings. The molecule has 0 N–H and O–H groups in total. The SMILES string of the molecule is CN(C)c1cncc(OC2CCN(C(=O)/C=C/c3ccc([N+](=O)[O-])cc3)C2)n1. The van der Waals surface area contributed by atoms with Crippen molar-refractivity contribution < 1.29 is 14.5 Å². The van der Waals surface area contributed by atoms with Gasteiger partial charge in [0, 0.05) is 45.3 Å². The Morgan fingerprint density at radius 3 is 2.75 bits per heavy atom. The van der Waals surface area contributed by atoms with Crippen molar-refractivity contribution in [1.29, 1.82) is 0 Å². The van der Waals surface area contributed by atoms with Crippen LogP contribution in [-0.2, 0) is 4.79 Å². The Hall–Kier alpha value is -3.49. The average Bonchev–Trinajstić information content (AvgIpc) is 3.15. The van der Waals surface area contributed by atoms with E-state index in [1.54, 1.807) is 35.5 Å². The standard InChI is InChI=1S/C19H21N5O4/c1-22(2)17-11-20-12-18(21-17)28-16-9-10-23(13-16)19(25)8-5-14-3-6-15(7-4-14)24(26)27/h3-8,11-12,16H,9-10,13H2,1-2H3/b8-5+. The Morgan fingerprint density at radius 1 is 1.32 bits per heavy atom. The molecule has 28 heavy (non-hydrogen) atoms. The molecule has 1 aliphatic heterocycles. The Labute approximate surface area is 162 Å². The van der Waals surface area contributed by atoms with Gasteiger partial charge in [0.25, 0.3) is 5.69 Å². The number of nitro groups is 1. The molecule has 2 heterocycles. The first-order chi connectivity index (χ1) is 13.4. The Balaban J connectivity index is 1.55. The fourth-order valence-electron chi connectivity index (χ4n) is 2.79. The van der Waals surface area contributed by atoms with E-state index in [9.17, 15) is 14.9 Å². The van der Waals surface area contributed by atoms with Crippen molar-refractivity contribution in [3.05, 3.63) is 58.4 Å². The van der Waals surface area contributed by atoms with E-state index in [-0.39, 0.29) is 17.7 Å². The summed E-state index contributed by atoms with van der Waals surface area (Å²) in [6, 6.07) is 6.03. The number of anilines is 1. The van der Waals surface area contributed by atoms with Crippen LogP contribution in [0.1, 0.15) is 12.0 Å². The van der Waals surface area contributed by atoms with Gasteiger partial charge in [-0.05, 0) is 23.8 Å². The number of nitrogens with zero attached hydrogens (tertiary/aromatic N) is 5. The molecular weight excluding hydrogens is 362 g/mol. The average molecular weight is 383 g/mol. The zero-order chi connectivity index (χ0) is 20.1. The molecule has 1 aromatic carbocycles. The van der Waals surface area contributed by atoms with Gasteiger partial charge in [-0.3, -0.25) is 19.9 Å². The van der Waals surface area contributed by atoms with E-state index in [0.717, 1.165) is 5.56 Å². The van der Waals surface area contributed by atoms with E-state index < -0.39 is 4.92 Å². The molecule has 0 saturated carbocycles. The number of non-ortho nitro benzene ring substituents is 1. The van der Waals surface area contributed by atoms with Gasteiger partial charge < -0.3 is 14.5 Å². The molecular formula is C19H21N5O4. The van der Waals surface area contributed by atoms with E-state index >= 15 is 0 Å². The van der Waals surface area contributed by atoms with Gasteiger partial charge in [0.15, 0.2) is 5.82 Å². The smallest absolute Gasteiger partial charge is 0.269 e. The minimum atomic E-state index is -0.457. The molecule has 9 heteroatoms. The van der Waals surface area contributed by atoms with E-state index in [2.05, 4.69) is 9.97 Å². The third-order valence-corrected chi connectivity index (χ3v) is 4.32. The monoisotopic (exact) mass is 383 g/mol. The zero-order valence-corrected chi connectivity index (χ0v) is 15.7. The van der Waals surface area contributed by atoms with Crippen LogP contribution in [0.3, 0.4) is 0 Å². The first-order valence-corrected chi connectivity index (χ1v) is 8.80. The van der Waals surface area contributed by atoms with Gasteiger partial charge in [-0.1, -0.05) is 0 Å². The van der Waals surface area contributed by atoms with Crippen LogP contribution < -0.4 is 9.64 Å².